The SMILES string of the molecule is CC1CCC(Br)CC1Cc1ccncc1. The molecule has 2 rings (SSSR count). The van der Waals surface area contributed by atoms with Crippen LogP contribution in [0.2, 0.25) is 0 Å². The maximum Gasteiger partial charge on any atom is 0.0270 e. The molecule has 1 saturated carbocycles. The zero-order valence-electron chi connectivity index (χ0n) is 9.20. The quantitative estimate of drug-likeness (QED) is 0.743. The molecule has 0 saturated heterocycles. The highest BCUT2D eigenvalue weighted by Crippen LogP contribution is 2.35. The third-order valence-electron chi connectivity index (χ3n) is 3.55. The van der Waals surface area contributed by atoms with E-state index in [0.717, 1.165) is 16.7 Å². The number of aromatic nitrogens is 1. The van der Waals surface area contributed by atoms with Gasteiger partial charge in [-0.1, -0.05) is 22.9 Å². The molecule has 2 heteroatoms. The van der Waals surface area contributed by atoms with Crippen LogP contribution in [0.4, 0.5) is 0 Å². The molecule has 3 unspecified atom stereocenters. The Morgan fingerprint density at radius 2 is 2.07 bits per heavy atom. The number of hydrogen-bond acceptors (Lipinski definition) is 1. The summed E-state index contributed by atoms with van der Waals surface area (Å²) < 4.78 is 0. The zero-order chi connectivity index (χ0) is 10.7. The molecule has 15 heavy (non-hydrogen) atoms. The van der Waals surface area contributed by atoms with E-state index in [1.54, 1.807) is 0 Å². The Kier molecular flexibility index (Phi) is 3.79. The molecule has 1 aromatic heterocycles. The van der Waals surface area contributed by atoms with Crippen molar-refractivity contribution in [2.24, 2.45) is 11.8 Å². The fraction of sp³-hybridized carbons (Fsp3) is 0.615. The van der Waals surface area contributed by atoms with Gasteiger partial charge in [-0.2, -0.15) is 0 Å². The van der Waals surface area contributed by atoms with Crippen LogP contribution in [0.5, 0.6) is 0 Å². The highest BCUT2D eigenvalue weighted by Gasteiger charge is 2.26. The van der Waals surface area contributed by atoms with Gasteiger partial charge >= 0.3 is 0 Å². The Bertz CT molecular complexity index is 299. The molecule has 0 radical (unpaired) electrons. The molecule has 0 spiro atoms. The number of hydrogen-bond donors (Lipinski definition) is 0. The summed E-state index contributed by atoms with van der Waals surface area (Å²) in [7, 11) is 0. The summed E-state index contributed by atoms with van der Waals surface area (Å²) in [5, 5.41) is 0. The normalized spacial score (nSPS) is 31.5. The van der Waals surface area contributed by atoms with Crippen LogP contribution in [0.15, 0.2) is 24.5 Å². The van der Waals surface area contributed by atoms with E-state index < -0.39 is 0 Å². The summed E-state index contributed by atoms with van der Waals surface area (Å²) in [6, 6.07) is 4.29. The van der Waals surface area contributed by atoms with Crippen molar-refractivity contribution in [1.29, 1.82) is 0 Å². The Labute approximate surface area is 100 Å². The van der Waals surface area contributed by atoms with E-state index in [2.05, 4.69) is 40.0 Å². The average molecular weight is 268 g/mol. The van der Waals surface area contributed by atoms with Gasteiger partial charge in [-0.25, -0.2) is 0 Å². The van der Waals surface area contributed by atoms with Crippen molar-refractivity contribution in [3.05, 3.63) is 30.1 Å². The van der Waals surface area contributed by atoms with Crippen molar-refractivity contribution >= 4 is 15.9 Å². The van der Waals surface area contributed by atoms with Gasteiger partial charge in [-0.3, -0.25) is 4.98 Å². The van der Waals surface area contributed by atoms with Crippen LogP contribution in [0.3, 0.4) is 0 Å². The molecular formula is C13H18BrN. The summed E-state index contributed by atoms with van der Waals surface area (Å²) in [5.74, 6) is 1.71. The summed E-state index contributed by atoms with van der Waals surface area (Å²) in [6.07, 6.45) is 9.04. The fourth-order valence-electron chi connectivity index (χ4n) is 2.46. The lowest BCUT2D eigenvalue weighted by atomic mass is 9.77. The molecule has 0 aromatic carbocycles. The van der Waals surface area contributed by atoms with Gasteiger partial charge < -0.3 is 0 Å². The van der Waals surface area contributed by atoms with Crippen molar-refractivity contribution < 1.29 is 0 Å². The van der Waals surface area contributed by atoms with Crippen LogP contribution < -0.4 is 0 Å². The second-order valence-corrected chi connectivity index (χ2v) is 6.00. The number of halogens is 1. The maximum atomic E-state index is 4.06. The minimum atomic E-state index is 0.737. The third-order valence-corrected chi connectivity index (χ3v) is 4.38. The Morgan fingerprint density at radius 1 is 1.33 bits per heavy atom. The first kappa shape index (κ1) is 11.1. The molecule has 1 heterocycles. The van der Waals surface area contributed by atoms with Gasteiger partial charge in [-0.15, -0.1) is 0 Å². The molecule has 0 aliphatic heterocycles. The lowest BCUT2D eigenvalue weighted by Crippen LogP contribution is -2.24. The van der Waals surface area contributed by atoms with Gasteiger partial charge in [0.2, 0.25) is 0 Å². The highest BCUT2D eigenvalue weighted by atomic mass is 79.9. The molecule has 1 aromatic rings. The number of nitrogens with zero attached hydrogens (tertiary/aromatic N) is 1. The second-order valence-electron chi connectivity index (χ2n) is 4.71. The van der Waals surface area contributed by atoms with E-state index in [-0.39, 0.29) is 0 Å². The molecule has 0 bridgehead atoms. The van der Waals surface area contributed by atoms with E-state index in [1.807, 2.05) is 12.4 Å². The van der Waals surface area contributed by atoms with Crippen LogP contribution >= 0.6 is 15.9 Å². The van der Waals surface area contributed by atoms with E-state index >= 15 is 0 Å². The van der Waals surface area contributed by atoms with E-state index in [9.17, 15) is 0 Å². The summed E-state index contributed by atoms with van der Waals surface area (Å²) >= 11 is 3.76. The van der Waals surface area contributed by atoms with Gasteiger partial charge in [0.05, 0.1) is 0 Å². The van der Waals surface area contributed by atoms with Gasteiger partial charge in [-0.05, 0) is 55.2 Å². The first-order chi connectivity index (χ1) is 7.25. The fourth-order valence-corrected chi connectivity index (χ4v) is 3.21. The van der Waals surface area contributed by atoms with Crippen LogP contribution in [0.1, 0.15) is 31.7 Å². The first-order valence-electron chi connectivity index (χ1n) is 5.78. The van der Waals surface area contributed by atoms with E-state index in [0.29, 0.717) is 0 Å². The van der Waals surface area contributed by atoms with Gasteiger partial charge in [0.15, 0.2) is 0 Å². The van der Waals surface area contributed by atoms with Crippen molar-refractivity contribution in [3.63, 3.8) is 0 Å². The Balaban J connectivity index is 1.98. The predicted octanol–water partition coefficient (Wildman–Crippen LogP) is 3.82. The number of pyridine rings is 1. The average Bonchev–Trinajstić information content (AvgIpc) is 2.25. The first-order valence-corrected chi connectivity index (χ1v) is 6.70. The van der Waals surface area contributed by atoms with Crippen LogP contribution in [0, 0.1) is 11.8 Å². The molecule has 82 valence electrons. The van der Waals surface area contributed by atoms with Gasteiger partial charge in [0.25, 0.3) is 0 Å². The molecule has 0 N–H and O–H groups in total. The van der Waals surface area contributed by atoms with Gasteiger partial charge in [0.1, 0.15) is 0 Å². The van der Waals surface area contributed by atoms with Crippen molar-refractivity contribution in [1.82, 2.24) is 4.98 Å². The molecule has 1 fully saturated rings. The molecular weight excluding hydrogens is 250 g/mol. The molecule has 1 nitrogen and oxygen atoms in total. The molecule has 1 aliphatic rings. The largest absolute Gasteiger partial charge is 0.265 e. The summed E-state index contributed by atoms with van der Waals surface area (Å²) in [5.41, 5.74) is 1.43. The highest BCUT2D eigenvalue weighted by molar-refractivity contribution is 9.09. The third kappa shape index (κ3) is 3.04. The van der Waals surface area contributed by atoms with Crippen molar-refractivity contribution in [3.8, 4) is 0 Å². The summed E-state index contributed by atoms with van der Waals surface area (Å²) in [4.78, 5) is 4.80. The Morgan fingerprint density at radius 3 is 2.80 bits per heavy atom. The molecule has 0 amide bonds. The zero-order valence-corrected chi connectivity index (χ0v) is 10.8. The van der Waals surface area contributed by atoms with E-state index in [1.165, 1.54) is 31.2 Å². The van der Waals surface area contributed by atoms with E-state index in [4.69, 9.17) is 0 Å². The standard InChI is InChI=1S/C13H18BrN/c1-10-2-3-13(14)9-12(10)8-11-4-6-15-7-5-11/h4-7,10,12-13H,2-3,8-9H2,1H3. The lowest BCUT2D eigenvalue weighted by molar-refractivity contribution is 0.263. The minimum absolute atomic E-state index is 0.737. The number of alkyl halides is 1. The second kappa shape index (κ2) is 5.11. The molecule has 3 atom stereocenters. The van der Waals surface area contributed by atoms with Crippen LogP contribution in [0.25, 0.3) is 0 Å². The van der Waals surface area contributed by atoms with Crippen LogP contribution in [-0.4, -0.2) is 9.81 Å². The topological polar surface area (TPSA) is 12.9 Å². The van der Waals surface area contributed by atoms with Gasteiger partial charge in [0, 0.05) is 17.2 Å². The van der Waals surface area contributed by atoms with Crippen molar-refractivity contribution in [2.75, 3.05) is 0 Å². The predicted molar refractivity (Wildman–Crippen MR) is 67.2 cm³/mol. The monoisotopic (exact) mass is 267 g/mol. The Hall–Kier alpha value is -0.370. The van der Waals surface area contributed by atoms with Crippen molar-refractivity contribution in [2.45, 2.75) is 37.4 Å². The summed E-state index contributed by atoms with van der Waals surface area (Å²) in [6.45, 7) is 2.39. The molecule has 1 aliphatic carbocycles. The van der Waals surface area contributed by atoms with Crippen LogP contribution in [-0.2, 0) is 6.42 Å². The number of rotatable bonds is 2. The lowest BCUT2D eigenvalue weighted by Gasteiger charge is -2.31. The minimum Gasteiger partial charge on any atom is -0.265 e. The smallest absolute Gasteiger partial charge is 0.0270 e. The maximum absolute atomic E-state index is 4.06.